The Morgan fingerprint density at radius 3 is 2.41 bits per heavy atom. The summed E-state index contributed by atoms with van der Waals surface area (Å²) in [5.41, 5.74) is 1.03. The fourth-order valence-corrected chi connectivity index (χ4v) is 1.51. The standard InChI is InChI=1S/C13H9N3O/c14-7-12(10-3-1-5-15-8-10)13(17)11-4-2-6-16-9-11/h1-6,8-9,12H. The van der Waals surface area contributed by atoms with Gasteiger partial charge in [-0.1, -0.05) is 6.07 Å². The van der Waals surface area contributed by atoms with E-state index in [9.17, 15) is 4.79 Å². The van der Waals surface area contributed by atoms with Crippen molar-refractivity contribution in [2.24, 2.45) is 0 Å². The van der Waals surface area contributed by atoms with Gasteiger partial charge in [0.25, 0.3) is 0 Å². The van der Waals surface area contributed by atoms with Crippen molar-refractivity contribution < 1.29 is 4.79 Å². The maximum absolute atomic E-state index is 12.1. The topological polar surface area (TPSA) is 66.6 Å². The summed E-state index contributed by atoms with van der Waals surface area (Å²) in [4.78, 5) is 19.9. The van der Waals surface area contributed by atoms with E-state index < -0.39 is 5.92 Å². The second-order valence-electron chi connectivity index (χ2n) is 3.45. The van der Waals surface area contributed by atoms with E-state index in [4.69, 9.17) is 5.26 Å². The molecule has 0 amide bonds. The zero-order chi connectivity index (χ0) is 12.1. The number of hydrogen-bond donors (Lipinski definition) is 0. The van der Waals surface area contributed by atoms with Gasteiger partial charge in [-0.05, 0) is 23.8 Å². The van der Waals surface area contributed by atoms with Crippen molar-refractivity contribution in [3.8, 4) is 6.07 Å². The molecule has 4 heteroatoms. The lowest BCUT2D eigenvalue weighted by molar-refractivity contribution is 0.0978. The van der Waals surface area contributed by atoms with Crippen molar-refractivity contribution in [3.63, 3.8) is 0 Å². The summed E-state index contributed by atoms with van der Waals surface area (Å²) in [5, 5.41) is 9.09. The van der Waals surface area contributed by atoms with Gasteiger partial charge in [-0.15, -0.1) is 0 Å². The first kappa shape index (κ1) is 11.0. The van der Waals surface area contributed by atoms with E-state index in [1.165, 1.54) is 12.4 Å². The van der Waals surface area contributed by atoms with Crippen molar-refractivity contribution in [3.05, 3.63) is 60.2 Å². The van der Waals surface area contributed by atoms with Gasteiger partial charge < -0.3 is 0 Å². The predicted octanol–water partition coefficient (Wildman–Crippen LogP) is 1.97. The molecule has 0 aliphatic rings. The fourth-order valence-electron chi connectivity index (χ4n) is 1.51. The predicted molar refractivity (Wildman–Crippen MR) is 61.2 cm³/mol. The first-order chi connectivity index (χ1) is 8.33. The van der Waals surface area contributed by atoms with Gasteiger partial charge in [0.2, 0.25) is 0 Å². The molecule has 2 aromatic heterocycles. The molecule has 4 nitrogen and oxygen atoms in total. The summed E-state index contributed by atoms with van der Waals surface area (Å²) in [6.07, 6.45) is 6.18. The van der Waals surface area contributed by atoms with Crippen LogP contribution in [0.25, 0.3) is 0 Å². The number of nitriles is 1. The Labute approximate surface area is 98.6 Å². The van der Waals surface area contributed by atoms with Gasteiger partial charge in [0.1, 0.15) is 5.92 Å². The number of carbonyl (C=O) groups excluding carboxylic acids is 1. The third kappa shape index (κ3) is 2.34. The molecule has 2 heterocycles. The molecular formula is C13H9N3O. The molecule has 82 valence electrons. The van der Waals surface area contributed by atoms with Crippen LogP contribution in [0.15, 0.2) is 49.1 Å². The SMILES string of the molecule is N#CC(C(=O)c1cccnc1)c1cccnc1. The number of aromatic nitrogens is 2. The molecule has 0 saturated carbocycles. The number of nitrogens with zero attached hydrogens (tertiary/aromatic N) is 3. The summed E-state index contributed by atoms with van der Waals surface area (Å²) in [5.74, 6) is -1.08. The Kier molecular flexibility index (Phi) is 3.22. The number of hydrogen-bond acceptors (Lipinski definition) is 4. The molecule has 2 aromatic rings. The molecule has 1 atom stereocenters. The highest BCUT2D eigenvalue weighted by Crippen LogP contribution is 2.18. The lowest BCUT2D eigenvalue weighted by Gasteiger charge is -2.07. The van der Waals surface area contributed by atoms with E-state index in [-0.39, 0.29) is 5.78 Å². The Hall–Kier alpha value is -2.54. The summed E-state index contributed by atoms with van der Waals surface area (Å²) >= 11 is 0. The number of carbonyl (C=O) groups is 1. The maximum Gasteiger partial charge on any atom is 0.186 e. The molecule has 0 fully saturated rings. The van der Waals surface area contributed by atoms with Gasteiger partial charge in [0, 0.05) is 30.4 Å². The minimum Gasteiger partial charge on any atom is -0.292 e. The first-order valence-corrected chi connectivity index (χ1v) is 5.06. The zero-order valence-corrected chi connectivity index (χ0v) is 8.95. The van der Waals surface area contributed by atoms with Crippen LogP contribution in [0.3, 0.4) is 0 Å². The minimum absolute atomic E-state index is 0.256. The quantitative estimate of drug-likeness (QED) is 0.746. The van der Waals surface area contributed by atoms with E-state index in [0.29, 0.717) is 11.1 Å². The van der Waals surface area contributed by atoms with Gasteiger partial charge in [0.05, 0.1) is 6.07 Å². The second-order valence-corrected chi connectivity index (χ2v) is 3.45. The number of rotatable bonds is 3. The van der Waals surface area contributed by atoms with E-state index in [1.54, 1.807) is 36.7 Å². The van der Waals surface area contributed by atoms with Crippen molar-refractivity contribution >= 4 is 5.78 Å². The molecule has 0 saturated heterocycles. The van der Waals surface area contributed by atoms with Crippen LogP contribution < -0.4 is 0 Å². The van der Waals surface area contributed by atoms with Crippen molar-refractivity contribution in [1.29, 1.82) is 5.26 Å². The van der Waals surface area contributed by atoms with Gasteiger partial charge >= 0.3 is 0 Å². The van der Waals surface area contributed by atoms with Crippen LogP contribution >= 0.6 is 0 Å². The molecule has 1 unspecified atom stereocenters. The Morgan fingerprint density at radius 2 is 1.88 bits per heavy atom. The highest BCUT2D eigenvalue weighted by molar-refractivity contribution is 6.02. The van der Waals surface area contributed by atoms with E-state index in [2.05, 4.69) is 9.97 Å². The fraction of sp³-hybridized carbons (Fsp3) is 0.0769. The van der Waals surface area contributed by atoms with Gasteiger partial charge in [-0.25, -0.2) is 0 Å². The van der Waals surface area contributed by atoms with Gasteiger partial charge in [-0.3, -0.25) is 14.8 Å². The van der Waals surface area contributed by atoms with Crippen LogP contribution in [0.5, 0.6) is 0 Å². The average molecular weight is 223 g/mol. The second kappa shape index (κ2) is 4.99. The van der Waals surface area contributed by atoms with Crippen LogP contribution in [-0.4, -0.2) is 15.8 Å². The Morgan fingerprint density at radius 1 is 1.18 bits per heavy atom. The van der Waals surface area contributed by atoms with Crippen molar-refractivity contribution in [1.82, 2.24) is 9.97 Å². The first-order valence-electron chi connectivity index (χ1n) is 5.06. The third-order valence-electron chi connectivity index (χ3n) is 2.36. The molecule has 2 rings (SSSR count). The molecule has 0 aliphatic carbocycles. The highest BCUT2D eigenvalue weighted by atomic mass is 16.1. The Bertz CT molecular complexity index is 546. The normalized spacial score (nSPS) is 11.5. The summed E-state index contributed by atoms with van der Waals surface area (Å²) in [6, 6.07) is 8.74. The largest absolute Gasteiger partial charge is 0.292 e. The number of ketones is 1. The van der Waals surface area contributed by atoms with Gasteiger partial charge in [-0.2, -0.15) is 5.26 Å². The monoisotopic (exact) mass is 223 g/mol. The minimum atomic E-state index is -0.826. The molecule has 0 aliphatic heterocycles. The van der Waals surface area contributed by atoms with Crippen molar-refractivity contribution in [2.45, 2.75) is 5.92 Å². The summed E-state index contributed by atoms with van der Waals surface area (Å²) in [6.45, 7) is 0. The number of Topliss-reactive ketones (excluding diaryl/α,β-unsaturated/α-hetero) is 1. The van der Waals surface area contributed by atoms with E-state index in [1.807, 2.05) is 6.07 Å². The lowest BCUT2D eigenvalue weighted by Crippen LogP contribution is -2.11. The van der Waals surface area contributed by atoms with E-state index in [0.717, 1.165) is 0 Å². The van der Waals surface area contributed by atoms with Gasteiger partial charge in [0.15, 0.2) is 5.78 Å². The molecule has 0 N–H and O–H groups in total. The Balaban J connectivity index is 2.33. The molecular weight excluding hydrogens is 214 g/mol. The maximum atomic E-state index is 12.1. The zero-order valence-electron chi connectivity index (χ0n) is 8.95. The van der Waals surface area contributed by atoms with Crippen LogP contribution in [-0.2, 0) is 0 Å². The molecule has 0 aromatic carbocycles. The molecule has 17 heavy (non-hydrogen) atoms. The average Bonchev–Trinajstić information content (AvgIpc) is 2.42. The van der Waals surface area contributed by atoms with Crippen molar-refractivity contribution in [2.75, 3.05) is 0 Å². The lowest BCUT2D eigenvalue weighted by atomic mass is 9.94. The van der Waals surface area contributed by atoms with Crippen LogP contribution in [0.2, 0.25) is 0 Å². The number of pyridine rings is 2. The van der Waals surface area contributed by atoms with Crippen LogP contribution in [0.1, 0.15) is 21.8 Å². The van der Waals surface area contributed by atoms with E-state index >= 15 is 0 Å². The van der Waals surface area contributed by atoms with Crippen LogP contribution in [0, 0.1) is 11.3 Å². The molecule has 0 radical (unpaired) electrons. The molecule has 0 bridgehead atoms. The third-order valence-corrected chi connectivity index (χ3v) is 2.36. The summed E-state index contributed by atoms with van der Waals surface area (Å²) < 4.78 is 0. The summed E-state index contributed by atoms with van der Waals surface area (Å²) in [7, 11) is 0. The van der Waals surface area contributed by atoms with Crippen LogP contribution in [0.4, 0.5) is 0 Å². The molecule has 0 spiro atoms. The smallest absolute Gasteiger partial charge is 0.186 e. The highest BCUT2D eigenvalue weighted by Gasteiger charge is 2.21.